The van der Waals surface area contributed by atoms with Crippen molar-refractivity contribution in [1.82, 2.24) is 19.9 Å². The topological polar surface area (TPSA) is 66.5 Å². The second-order valence-corrected chi connectivity index (χ2v) is 5.72. The second-order valence-electron chi connectivity index (χ2n) is 5.72. The summed E-state index contributed by atoms with van der Waals surface area (Å²) in [6, 6.07) is 16.6. The van der Waals surface area contributed by atoms with E-state index in [0.29, 0.717) is 0 Å². The van der Waals surface area contributed by atoms with Crippen molar-refractivity contribution in [3.8, 4) is 11.1 Å². The van der Waals surface area contributed by atoms with E-state index in [1.807, 2.05) is 36.7 Å². The zero-order chi connectivity index (χ0) is 16.4. The van der Waals surface area contributed by atoms with Gasteiger partial charge < -0.3 is 10.3 Å². The number of benzene rings is 2. The van der Waals surface area contributed by atoms with Crippen LogP contribution in [0.1, 0.15) is 18.5 Å². The van der Waals surface area contributed by atoms with Crippen molar-refractivity contribution in [2.24, 2.45) is 0 Å². The van der Waals surface area contributed by atoms with Crippen molar-refractivity contribution < 1.29 is 0 Å². The fourth-order valence-electron chi connectivity index (χ4n) is 2.72. The Hall–Kier alpha value is -3.21. The van der Waals surface area contributed by atoms with E-state index in [0.717, 1.165) is 28.1 Å². The summed E-state index contributed by atoms with van der Waals surface area (Å²) in [7, 11) is 0. The standard InChI is InChI=1S/C19H17N5/c1-13(22-19-23-17-4-2-3-5-18(17)24-19)14-6-8-15(9-7-14)16-10-20-12-21-11-16/h2-13H,1H3,(H2,22,23,24). The van der Waals surface area contributed by atoms with E-state index >= 15 is 0 Å². The lowest BCUT2D eigenvalue weighted by atomic mass is 10.0. The van der Waals surface area contributed by atoms with Crippen molar-refractivity contribution in [2.45, 2.75) is 13.0 Å². The molecule has 5 heteroatoms. The number of aromatic nitrogens is 4. The van der Waals surface area contributed by atoms with Crippen LogP contribution >= 0.6 is 0 Å². The zero-order valence-corrected chi connectivity index (χ0v) is 13.3. The summed E-state index contributed by atoms with van der Waals surface area (Å²) in [6.45, 7) is 2.12. The molecule has 0 bridgehead atoms. The third-order valence-electron chi connectivity index (χ3n) is 4.05. The molecule has 2 aromatic heterocycles. The predicted octanol–water partition coefficient (Wildman–Crippen LogP) is 4.19. The first-order valence-corrected chi connectivity index (χ1v) is 7.86. The summed E-state index contributed by atoms with van der Waals surface area (Å²) in [5.74, 6) is 0.782. The van der Waals surface area contributed by atoms with E-state index in [2.05, 4.69) is 56.4 Å². The van der Waals surface area contributed by atoms with Gasteiger partial charge in [0.1, 0.15) is 6.33 Å². The molecule has 5 nitrogen and oxygen atoms in total. The summed E-state index contributed by atoms with van der Waals surface area (Å²) in [5.41, 5.74) is 5.31. The van der Waals surface area contributed by atoms with Gasteiger partial charge in [0.05, 0.1) is 17.1 Å². The maximum atomic E-state index is 4.56. The van der Waals surface area contributed by atoms with Crippen molar-refractivity contribution in [3.05, 3.63) is 72.8 Å². The van der Waals surface area contributed by atoms with E-state index in [9.17, 15) is 0 Å². The van der Waals surface area contributed by atoms with Crippen LogP contribution < -0.4 is 5.32 Å². The highest BCUT2D eigenvalue weighted by Crippen LogP contribution is 2.23. The van der Waals surface area contributed by atoms with E-state index in [1.165, 1.54) is 11.9 Å². The quantitative estimate of drug-likeness (QED) is 0.592. The van der Waals surface area contributed by atoms with E-state index in [-0.39, 0.29) is 6.04 Å². The van der Waals surface area contributed by atoms with Crippen LogP contribution in [0.4, 0.5) is 5.95 Å². The second kappa shape index (κ2) is 6.12. The van der Waals surface area contributed by atoms with Gasteiger partial charge in [-0.3, -0.25) is 0 Å². The molecule has 118 valence electrons. The number of hydrogen-bond donors (Lipinski definition) is 2. The van der Waals surface area contributed by atoms with E-state index in [4.69, 9.17) is 0 Å². The summed E-state index contributed by atoms with van der Waals surface area (Å²) in [6.07, 6.45) is 5.17. The monoisotopic (exact) mass is 315 g/mol. The van der Waals surface area contributed by atoms with Crippen molar-refractivity contribution >= 4 is 17.0 Å². The number of H-pyrrole nitrogens is 1. The maximum absolute atomic E-state index is 4.56. The van der Waals surface area contributed by atoms with Crippen LogP contribution in [-0.2, 0) is 0 Å². The summed E-state index contributed by atoms with van der Waals surface area (Å²) in [4.78, 5) is 16.0. The molecule has 0 fully saturated rings. The average molecular weight is 315 g/mol. The van der Waals surface area contributed by atoms with Crippen LogP contribution in [0.5, 0.6) is 0 Å². The van der Waals surface area contributed by atoms with Crippen molar-refractivity contribution in [3.63, 3.8) is 0 Å². The normalized spacial score (nSPS) is 12.2. The number of imidazole rings is 1. The number of hydrogen-bond acceptors (Lipinski definition) is 4. The highest BCUT2D eigenvalue weighted by Gasteiger charge is 2.09. The Morgan fingerprint density at radius 1 is 0.917 bits per heavy atom. The van der Waals surface area contributed by atoms with Gasteiger partial charge in [-0.25, -0.2) is 15.0 Å². The highest BCUT2D eigenvalue weighted by molar-refractivity contribution is 5.77. The first-order chi connectivity index (χ1) is 11.8. The lowest BCUT2D eigenvalue weighted by molar-refractivity contribution is 0.869. The number of nitrogens with zero attached hydrogens (tertiary/aromatic N) is 3. The fraction of sp³-hybridized carbons (Fsp3) is 0.105. The van der Waals surface area contributed by atoms with Crippen LogP contribution in [0.15, 0.2) is 67.3 Å². The summed E-state index contributed by atoms with van der Waals surface area (Å²) >= 11 is 0. The van der Waals surface area contributed by atoms with E-state index in [1.54, 1.807) is 0 Å². The third-order valence-corrected chi connectivity index (χ3v) is 4.05. The Bertz CT molecular complexity index is 911. The molecule has 0 amide bonds. The smallest absolute Gasteiger partial charge is 0.201 e. The Kier molecular flexibility index (Phi) is 3.67. The molecule has 2 N–H and O–H groups in total. The fourth-order valence-corrected chi connectivity index (χ4v) is 2.72. The lowest BCUT2D eigenvalue weighted by Crippen LogP contribution is -2.07. The number of fused-ring (bicyclic) bond motifs is 1. The number of aromatic amines is 1. The van der Waals surface area contributed by atoms with Gasteiger partial charge in [0.2, 0.25) is 5.95 Å². The van der Waals surface area contributed by atoms with Crippen LogP contribution in [0.2, 0.25) is 0 Å². The molecule has 0 saturated carbocycles. The summed E-state index contributed by atoms with van der Waals surface area (Å²) < 4.78 is 0. The van der Waals surface area contributed by atoms with Gasteiger partial charge in [-0.2, -0.15) is 0 Å². The van der Waals surface area contributed by atoms with Gasteiger partial charge in [-0.05, 0) is 30.2 Å². The Labute approximate surface area is 139 Å². The molecule has 0 saturated heterocycles. The Morgan fingerprint density at radius 3 is 2.42 bits per heavy atom. The minimum atomic E-state index is 0.145. The summed E-state index contributed by atoms with van der Waals surface area (Å²) in [5, 5.41) is 3.42. The SMILES string of the molecule is CC(Nc1nc2ccccc2[nH]1)c1ccc(-c2cncnc2)cc1. The van der Waals surface area contributed by atoms with Crippen LogP contribution in [-0.4, -0.2) is 19.9 Å². The Balaban J connectivity index is 1.52. The maximum Gasteiger partial charge on any atom is 0.201 e. The average Bonchev–Trinajstić information content (AvgIpc) is 3.05. The predicted molar refractivity (Wildman–Crippen MR) is 95.6 cm³/mol. The van der Waals surface area contributed by atoms with Crippen molar-refractivity contribution in [2.75, 3.05) is 5.32 Å². The number of nitrogens with one attached hydrogen (secondary N) is 2. The first kappa shape index (κ1) is 14.4. The molecule has 4 rings (SSSR count). The molecule has 0 spiro atoms. The van der Waals surface area contributed by atoms with Gasteiger partial charge in [-0.1, -0.05) is 36.4 Å². The molecular formula is C19H17N5. The lowest BCUT2D eigenvalue weighted by Gasteiger charge is -2.14. The van der Waals surface area contributed by atoms with Gasteiger partial charge in [0.15, 0.2) is 0 Å². The highest BCUT2D eigenvalue weighted by atomic mass is 15.1. The minimum absolute atomic E-state index is 0.145. The number of para-hydroxylation sites is 2. The molecule has 24 heavy (non-hydrogen) atoms. The molecule has 2 aromatic carbocycles. The number of rotatable bonds is 4. The molecule has 0 radical (unpaired) electrons. The van der Waals surface area contributed by atoms with Crippen LogP contribution in [0.3, 0.4) is 0 Å². The van der Waals surface area contributed by atoms with Gasteiger partial charge in [0, 0.05) is 18.0 Å². The molecule has 0 aliphatic carbocycles. The largest absolute Gasteiger partial charge is 0.349 e. The first-order valence-electron chi connectivity index (χ1n) is 7.86. The number of anilines is 1. The molecule has 4 aromatic rings. The molecular weight excluding hydrogens is 298 g/mol. The zero-order valence-electron chi connectivity index (χ0n) is 13.3. The molecule has 0 aliphatic rings. The third kappa shape index (κ3) is 2.84. The minimum Gasteiger partial charge on any atom is -0.349 e. The molecule has 1 unspecified atom stereocenters. The van der Waals surface area contributed by atoms with Gasteiger partial charge in [0.25, 0.3) is 0 Å². The Morgan fingerprint density at radius 2 is 1.67 bits per heavy atom. The molecule has 1 atom stereocenters. The van der Waals surface area contributed by atoms with Crippen molar-refractivity contribution in [1.29, 1.82) is 0 Å². The van der Waals surface area contributed by atoms with Crippen LogP contribution in [0, 0.1) is 0 Å². The van der Waals surface area contributed by atoms with Gasteiger partial charge in [-0.15, -0.1) is 0 Å². The van der Waals surface area contributed by atoms with Crippen LogP contribution in [0.25, 0.3) is 22.2 Å². The molecule has 2 heterocycles. The van der Waals surface area contributed by atoms with Gasteiger partial charge >= 0.3 is 0 Å². The van der Waals surface area contributed by atoms with E-state index < -0.39 is 0 Å². The molecule has 0 aliphatic heterocycles.